The first-order valence-electron chi connectivity index (χ1n) is 6.34. The van der Waals surface area contributed by atoms with Gasteiger partial charge < -0.3 is 20.3 Å². The predicted molar refractivity (Wildman–Crippen MR) is 79.5 cm³/mol. The molecule has 19 heavy (non-hydrogen) atoms. The van der Waals surface area contributed by atoms with E-state index in [0.717, 1.165) is 25.7 Å². The van der Waals surface area contributed by atoms with Crippen LogP contribution in [-0.4, -0.2) is 19.3 Å². The van der Waals surface area contributed by atoms with Gasteiger partial charge in [0, 0.05) is 18.2 Å². The summed E-state index contributed by atoms with van der Waals surface area (Å²) in [5.41, 5.74) is 6.79. The molecule has 0 amide bonds. The van der Waals surface area contributed by atoms with Crippen LogP contribution in [0.25, 0.3) is 0 Å². The van der Waals surface area contributed by atoms with Crippen molar-refractivity contribution in [3.63, 3.8) is 0 Å². The number of hydrogen-bond donors (Lipinski definition) is 2. The smallest absolute Gasteiger partial charge is 0.131 e. The zero-order chi connectivity index (χ0) is 13.5. The van der Waals surface area contributed by atoms with Gasteiger partial charge in [-0.05, 0) is 6.42 Å². The summed E-state index contributed by atoms with van der Waals surface area (Å²) in [6.45, 7) is 2.15. The van der Waals surface area contributed by atoms with E-state index in [1.807, 2.05) is 0 Å². The highest BCUT2D eigenvalue weighted by molar-refractivity contribution is 5.85. The van der Waals surface area contributed by atoms with E-state index in [1.54, 1.807) is 26.4 Å². The molecule has 0 saturated carbocycles. The molecule has 0 radical (unpaired) electrons. The number of ether oxygens (including phenoxy) is 2. The van der Waals surface area contributed by atoms with Crippen LogP contribution in [0.3, 0.4) is 0 Å². The molecule has 0 saturated heterocycles. The summed E-state index contributed by atoms with van der Waals surface area (Å²) in [5.74, 6) is 1.28. The topological polar surface area (TPSA) is 64.7 Å². The number of hydrogen-bond acceptors (Lipinski definition) is 4. The fourth-order valence-electron chi connectivity index (χ4n) is 2.01. The minimum absolute atomic E-state index is 0. The number of nitrogens with two attached hydrogens (primary N) is 1. The average Bonchev–Trinajstić information content (AvgIpc) is 2.37. The minimum Gasteiger partial charge on any atom is -0.507 e. The molecule has 1 rings (SSSR count). The van der Waals surface area contributed by atoms with Crippen LogP contribution in [0.4, 0.5) is 0 Å². The van der Waals surface area contributed by atoms with E-state index in [9.17, 15) is 5.11 Å². The first-order valence-corrected chi connectivity index (χ1v) is 6.34. The minimum atomic E-state index is -0.211. The fraction of sp³-hybridized carbons (Fsp3) is 0.571. The number of halogens is 1. The molecule has 0 aliphatic carbocycles. The molecule has 4 nitrogen and oxygen atoms in total. The lowest BCUT2D eigenvalue weighted by molar-refractivity contribution is 0.372. The molecule has 1 aromatic carbocycles. The number of phenols is 1. The molecule has 0 fully saturated rings. The highest BCUT2D eigenvalue weighted by Gasteiger charge is 2.18. The molecule has 110 valence electrons. The van der Waals surface area contributed by atoms with Gasteiger partial charge in [0.15, 0.2) is 0 Å². The van der Waals surface area contributed by atoms with Crippen molar-refractivity contribution < 1.29 is 14.6 Å². The SMILES string of the molecule is CCCCC[C@@H](N)c1c(O)cc(OC)cc1OC.Cl. The molecule has 3 N–H and O–H groups in total. The number of benzene rings is 1. The summed E-state index contributed by atoms with van der Waals surface area (Å²) in [6, 6.07) is 3.10. The van der Waals surface area contributed by atoms with Crippen molar-refractivity contribution in [2.45, 2.75) is 38.6 Å². The summed E-state index contributed by atoms with van der Waals surface area (Å²) in [4.78, 5) is 0. The Bertz CT molecular complexity index is 385. The zero-order valence-corrected chi connectivity index (χ0v) is 12.6. The number of methoxy groups -OCH3 is 2. The predicted octanol–water partition coefficient (Wildman–Crippen LogP) is 3.41. The number of unbranched alkanes of at least 4 members (excludes halogenated alkanes) is 2. The second kappa shape index (κ2) is 8.88. The van der Waals surface area contributed by atoms with Crippen molar-refractivity contribution in [1.82, 2.24) is 0 Å². The van der Waals surface area contributed by atoms with E-state index in [4.69, 9.17) is 15.2 Å². The van der Waals surface area contributed by atoms with Crippen LogP contribution in [-0.2, 0) is 0 Å². The van der Waals surface area contributed by atoms with Crippen LogP contribution < -0.4 is 15.2 Å². The molecule has 0 unspecified atom stereocenters. The quantitative estimate of drug-likeness (QED) is 0.755. The first kappa shape index (κ1) is 17.9. The van der Waals surface area contributed by atoms with Crippen molar-refractivity contribution in [2.75, 3.05) is 14.2 Å². The van der Waals surface area contributed by atoms with E-state index in [1.165, 1.54) is 0 Å². The molecule has 0 heterocycles. The molecule has 0 aromatic heterocycles. The van der Waals surface area contributed by atoms with Gasteiger partial charge in [-0.1, -0.05) is 26.2 Å². The third kappa shape index (κ3) is 4.80. The second-order valence-corrected chi connectivity index (χ2v) is 4.36. The summed E-state index contributed by atoms with van der Waals surface area (Å²) >= 11 is 0. The Morgan fingerprint density at radius 2 is 1.89 bits per heavy atom. The molecule has 5 heteroatoms. The van der Waals surface area contributed by atoms with Gasteiger partial charge in [-0.2, -0.15) is 0 Å². The standard InChI is InChI=1S/C14H23NO3.ClH/c1-4-5-6-7-11(15)14-12(16)8-10(17-2)9-13(14)18-3;/h8-9,11,16H,4-7,15H2,1-3H3;1H/t11-;/m1./s1. The summed E-state index contributed by atoms with van der Waals surface area (Å²) in [6.07, 6.45) is 4.18. The maximum atomic E-state index is 10.0. The van der Waals surface area contributed by atoms with Crippen LogP contribution in [0, 0.1) is 0 Å². The van der Waals surface area contributed by atoms with E-state index >= 15 is 0 Å². The van der Waals surface area contributed by atoms with Gasteiger partial charge in [-0.25, -0.2) is 0 Å². The van der Waals surface area contributed by atoms with Crippen molar-refractivity contribution in [1.29, 1.82) is 0 Å². The molecule has 0 aliphatic rings. The summed E-state index contributed by atoms with van der Waals surface area (Å²) < 4.78 is 10.4. The van der Waals surface area contributed by atoms with E-state index < -0.39 is 0 Å². The van der Waals surface area contributed by atoms with Crippen LogP contribution in [0.5, 0.6) is 17.2 Å². The molecule has 1 atom stereocenters. The maximum absolute atomic E-state index is 10.0. The molecule has 0 aliphatic heterocycles. The maximum Gasteiger partial charge on any atom is 0.131 e. The lowest BCUT2D eigenvalue weighted by atomic mass is 9.99. The van der Waals surface area contributed by atoms with Gasteiger partial charge in [0.25, 0.3) is 0 Å². The van der Waals surface area contributed by atoms with E-state index in [0.29, 0.717) is 17.1 Å². The summed E-state index contributed by atoms with van der Waals surface area (Å²) in [5, 5.41) is 10.0. The monoisotopic (exact) mass is 289 g/mol. The van der Waals surface area contributed by atoms with Crippen LogP contribution >= 0.6 is 12.4 Å². The Labute approximate surface area is 121 Å². The van der Waals surface area contributed by atoms with Gasteiger partial charge in [-0.15, -0.1) is 12.4 Å². The van der Waals surface area contributed by atoms with E-state index in [2.05, 4.69) is 6.92 Å². The van der Waals surface area contributed by atoms with Gasteiger partial charge >= 0.3 is 0 Å². The Kier molecular flexibility index (Phi) is 8.35. The van der Waals surface area contributed by atoms with E-state index in [-0.39, 0.29) is 24.2 Å². The van der Waals surface area contributed by atoms with Gasteiger partial charge in [0.1, 0.15) is 17.2 Å². The highest BCUT2D eigenvalue weighted by Crippen LogP contribution is 2.38. The number of phenolic OH excluding ortho intramolecular Hbond substituents is 1. The molecule has 0 bridgehead atoms. The van der Waals surface area contributed by atoms with Crippen molar-refractivity contribution >= 4 is 12.4 Å². The Morgan fingerprint density at radius 3 is 2.42 bits per heavy atom. The molecule has 1 aromatic rings. The Hall–Kier alpha value is -1.13. The molecular formula is C14H24ClNO3. The lowest BCUT2D eigenvalue weighted by Gasteiger charge is -2.18. The summed E-state index contributed by atoms with van der Waals surface area (Å²) in [7, 11) is 3.12. The van der Waals surface area contributed by atoms with Crippen LogP contribution in [0.15, 0.2) is 12.1 Å². The fourth-order valence-corrected chi connectivity index (χ4v) is 2.01. The van der Waals surface area contributed by atoms with Crippen molar-refractivity contribution in [3.05, 3.63) is 17.7 Å². The van der Waals surface area contributed by atoms with Gasteiger partial charge in [-0.3, -0.25) is 0 Å². The van der Waals surface area contributed by atoms with Gasteiger partial charge in [0.2, 0.25) is 0 Å². The lowest BCUT2D eigenvalue weighted by Crippen LogP contribution is -2.12. The molecular weight excluding hydrogens is 266 g/mol. The Morgan fingerprint density at radius 1 is 1.21 bits per heavy atom. The third-order valence-corrected chi connectivity index (χ3v) is 3.04. The Balaban J connectivity index is 0.00000324. The average molecular weight is 290 g/mol. The largest absolute Gasteiger partial charge is 0.507 e. The number of rotatable bonds is 7. The first-order chi connectivity index (χ1) is 8.63. The normalized spacial score (nSPS) is 11.6. The highest BCUT2D eigenvalue weighted by atomic mass is 35.5. The third-order valence-electron chi connectivity index (χ3n) is 3.04. The number of aromatic hydroxyl groups is 1. The van der Waals surface area contributed by atoms with Gasteiger partial charge in [0.05, 0.1) is 19.8 Å². The van der Waals surface area contributed by atoms with Crippen LogP contribution in [0.2, 0.25) is 0 Å². The van der Waals surface area contributed by atoms with Crippen molar-refractivity contribution in [3.8, 4) is 17.2 Å². The van der Waals surface area contributed by atoms with Crippen molar-refractivity contribution in [2.24, 2.45) is 5.73 Å². The second-order valence-electron chi connectivity index (χ2n) is 4.36. The molecule has 0 spiro atoms. The van der Waals surface area contributed by atoms with Crippen LogP contribution in [0.1, 0.15) is 44.2 Å². The zero-order valence-electron chi connectivity index (χ0n) is 11.8.